The highest BCUT2D eigenvalue weighted by Gasteiger charge is 2.11. The molecule has 0 saturated carbocycles. The lowest BCUT2D eigenvalue weighted by Crippen LogP contribution is -2.02. The molecule has 4 nitrogen and oxygen atoms in total. The van der Waals surface area contributed by atoms with Gasteiger partial charge < -0.3 is 16.2 Å². The largest absolute Gasteiger partial charge is 0.478 e. The Balaban J connectivity index is 2.42. The number of nitrogens with two attached hydrogens (primary N) is 1. The van der Waals surface area contributed by atoms with E-state index in [1.54, 1.807) is 0 Å². The number of rotatable bonds is 3. The molecule has 0 radical (unpaired) electrons. The van der Waals surface area contributed by atoms with Gasteiger partial charge in [0.05, 0.1) is 27.1 Å². The number of nitrogens with one attached hydrogen (secondary N) is 1. The number of halogens is 3. The van der Waals surface area contributed by atoms with Crippen molar-refractivity contribution in [2.45, 2.75) is 0 Å². The van der Waals surface area contributed by atoms with Crippen LogP contribution in [0.4, 0.5) is 25.8 Å². The topological polar surface area (TPSA) is 75.4 Å². The molecule has 0 amide bonds. The summed E-state index contributed by atoms with van der Waals surface area (Å²) < 4.78 is 26.8. The van der Waals surface area contributed by atoms with Crippen LogP contribution < -0.4 is 11.1 Å². The zero-order valence-electron chi connectivity index (χ0n) is 9.95. The van der Waals surface area contributed by atoms with E-state index in [4.69, 9.17) is 10.8 Å². The highest BCUT2D eigenvalue weighted by molar-refractivity contribution is 9.10. The van der Waals surface area contributed by atoms with Crippen molar-refractivity contribution < 1.29 is 18.7 Å². The molecule has 104 valence electrons. The van der Waals surface area contributed by atoms with E-state index >= 15 is 0 Å². The van der Waals surface area contributed by atoms with Gasteiger partial charge in [0.1, 0.15) is 11.6 Å². The number of carboxylic acids is 1. The predicted molar refractivity (Wildman–Crippen MR) is 75.2 cm³/mol. The number of hydrogen-bond donors (Lipinski definition) is 3. The van der Waals surface area contributed by atoms with Gasteiger partial charge in [0.15, 0.2) is 0 Å². The second-order valence-electron chi connectivity index (χ2n) is 3.98. The molecule has 2 aromatic carbocycles. The molecule has 0 unspecified atom stereocenters. The summed E-state index contributed by atoms with van der Waals surface area (Å²) in [5.41, 5.74) is 6.14. The van der Waals surface area contributed by atoms with Crippen LogP contribution in [-0.2, 0) is 0 Å². The van der Waals surface area contributed by atoms with Gasteiger partial charge in [-0.05, 0) is 40.2 Å². The van der Waals surface area contributed by atoms with Crippen LogP contribution in [-0.4, -0.2) is 11.1 Å². The average Bonchev–Trinajstić information content (AvgIpc) is 2.38. The van der Waals surface area contributed by atoms with Gasteiger partial charge in [0.2, 0.25) is 0 Å². The van der Waals surface area contributed by atoms with E-state index in [0.717, 1.165) is 0 Å². The van der Waals surface area contributed by atoms with Crippen molar-refractivity contribution in [1.29, 1.82) is 0 Å². The Labute approximate surface area is 121 Å². The van der Waals surface area contributed by atoms with Crippen molar-refractivity contribution >= 4 is 39.0 Å². The van der Waals surface area contributed by atoms with Gasteiger partial charge >= 0.3 is 5.97 Å². The molecule has 4 N–H and O–H groups in total. The fourth-order valence-electron chi connectivity index (χ4n) is 1.56. The van der Waals surface area contributed by atoms with Gasteiger partial charge in [-0.2, -0.15) is 0 Å². The molecule has 0 saturated heterocycles. The standard InChI is InChI=1S/C13H9BrF2N2O2/c14-7-4-11(9(16)5-8(7)15)18-12-3-6(13(19)20)1-2-10(12)17/h1-5,18H,17H2,(H,19,20). The summed E-state index contributed by atoms with van der Waals surface area (Å²) in [6, 6.07) is 5.91. The Morgan fingerprint density at radius 1 is 1.15 bits per heavy atom. The van der Waals surface area contributed by atoms with Crippen molar-refractivity contribution in [1.82, 2.24) is 0 Å². The minimum absolute atomic E-state index is 0.00304. The lowest BCUT2D eigenvalue weighted by Gasteiger charge is -2.11. The molecule has 0 atom stereocenters. The fourth-order valence-corrected chi connectivity index (χ4v) is 1.90. The zero-order chi connectivity index (χ0) is 14.9. The van der Waals surface area contributed by atoms with Crippen LogP contribution in [0.1, 0.15) is 10.4 Å². The molecule has 2 aromatic rings. The number of carbonyl (C=O) groups is 1. The van der Waals surface area contributed by atoms with Crippen molar-refractivity contribution in [3.63, 3.8) is 0 Å². The fraction of sp³-hybridized carbons (Fsp3) is 0. The lowest BCUT2D eigenvalue weighted by molar-refractivity contribution is 0.0697. The monoisotopic (exact) mass is 342 g/mol. The summed E-state index contributed by atoms with van der Waals surface area (Å²) in [5, 5.41) is 11.5. The van der Waals surface area contributed by atoms with Crippen LogP contribution in [0, 0.1) is 11.6 Å². The van der Waals surface area contributed by atoms with Gasteiger partial charge in [-0.15, -0.1) is 0 Å². The third-order valence-corrected chi connectivity index (χ3v) is 3.19. The van der Waals surface area contributed by atoms with Crippen LogP contribution in [0.5, 0.6) is 0 Å². The molecule has 0 aliphatic heterocycles. The summed E-state index contributed by atoms with van der Waals surface area (Å²) in [7, 11) is 0. The zero-order valence-corrected chi connectivity index (χ0v) is 11.5. The first-order valence-corrected chi connectivity index (χ1v) is 6.22. The minimum Gasteiger partial charge on any atom is -0.478 e. The van der Waals surface area contributed by atoms with Crippen LogP contribution >= 0.6 is 15.9 Å². The van der Waals surface area contributed by atoms with Crippen molar-refractivity contribution in [2.24, 2.45) is 0 Å². The summed E-state index contributed by atoms with van der Waals surface area (Å²) >= 11 is 2.94. The van der Waals surface area contributed by atoms with Crippen LogP contribution in [0.3, 0.4) is 0 Å². The quantitative estimate of drug-likeness (QED) is 0.586. The van der Waals surface area contributed by atoms with Crippen molar-refractivity contribution in [3.05, 3.63) is 52.0 Å². The average molecular weight is 343 g/mol. The smallest absolute Gasteiger partial charge is 0.335 e. The van der Waals surface area contributed by atoms with Gasteiger partial charge in [-0.25, -0.2) is 13.6 Å². The third-order valence-electron chi connectivity index (χ3n) is 2.58. The molecule has 0 spiro atoms. The maximum Gasteiger partial charge on any atom is 0.335 e. The Morgan fingerprint density at radius 2 is 1.85 bits per heavy atom. The molecule has 20 heavy (non-hydrogen) atoms. The van der Waals surface area contributed by atoms with E-state index in [-0.39, 0.29) is 27.1 Å². The number of benzene rings is 2. The van der Waals surface area contributed by atoms with E-state index < -0.39 is 17.6 Å². The molecule has 0 aliphatic rings. The van der Waals surface area contributed by atoms with Gasteiger partial charge in [-0.1, -0.05) is 0 Å². The Hall–Kier alpha value is -2.15. The first kappa shape index (κ1) is 14.3. The maximum absolute atomic E-state index is 13.6. The number of hydrogen-bond acceptors (Lipinski definition) is 3. The highest BCUT2D eigenvalue weighted by Crippen LogP contribution is 2.29. The summed E-state index contributed by atoms with van der Waals surface area (Å²) in [5.74, 6) is -2.68. The number of aromatic carboxylic acids is 1. The van der Waals surface area contributed by atoms with E-state index in [2.05, 4.69) is 21.2 Å². The number of nitrogen functional groups attached to an aromatic ring is 1. The van der Waals surface area contributed by atoms with Crippen molar-refractivity contribution in [2.75, 3.05) is 11.1 Å². The predicted octanol–water partition coefficient (Wildman–Crippen LogP) is 3.75. The molecular weight excluding hydrogens is 334 g/mol. The summed E-state index contributed by atoms with van der Waals surface area (Å²) in [6.45, 7) is 0. The van der Waals surface area contributed by atoms with Crippen LogP contribution in [0.2, 0.25) is 0 Å². The molecule has 0 bridgehead atoms. The van der Waals surface area contributed by atoms with E-state index in [1.165, 1.54) is 24.3 Å². The van der Waals surface area contributed by atoms with Crippen LogP contribution in [0.15, 0.2) is 34.8 Å². The summed E-state index contributed by atoms with van der Waals surface area (Å²) in [6.07, 6.45) is 0. The molecule has 0 fully saturated rings. The van der Waals surface area contributed by atoms with E-state index in [0.29, 0.717) is 6.07 Å². The van der Waals surface area contributed by atoms with E-state index in [1.807, 2.05) is 0 Å². The molecule has 0 heterocycles. The first-order chi connectivity index (χ1) is 9.38. The molecular formula is C13H9BrF2N2O2. The van der Waals surface area contributed by atoms with Gasteiger partial charge in [0, 0.05) is 6.07 Å². The molecule has 0 aromatic heterocycles. The normalized spacial score (nSPS) is 10.3. The maximum atomic E-state index is 13.6. The molecule has 7 heteroatoms. The van der Waals surface area contributed by atoms with E-state index in [9.17, 15) is 13.6 Å². The number of anilines is 3. The highest BCUT2D eigenvalue weighted by atomic mass is 79.9. The third kappa shape index (κ3) is 2.88. The Kier molecular flexibility index (Phi) is 3.89. The van der Waals surface area contributed by atoms with Gasteiger partial charge in [-0.3, -0.25) is 0 Å². The number of carboxylic acid groups (broad SMARTS) is 1. The SMILES string of the molecule is Nc1ccc(C(=O)O)cc1Nc1cc(Br)c(F)cc1F. The second-order valence-corrected chi connectivity index (χ2v) is 4.83. The molecule has 2 rings (SSSR count). The Morgan fingerprint density at radius 3 is 2.50 bits per heavy atom. The van der Waals surface area contributed by atoms with Crippen LogP contribution in [0.25, 0.3) is 0 Å². The summed E-state index contributed by atoms with van der Waals surface area (Å²) in [4.78, 5) is 10.9. The Bertz CT molecular complexity index is 692. The lowest BCUT2D eigenvalue weighted by atomic mass is 10.1. The minimum atomic E-state index is -1.13. The second kappa shape index (κ2) is 5.46. The van der Waals surface area contributed by atoms with Crippen molar-refractivity contribution in [3.8, 4) is 0 Å². The molecule has 0 aliphatic carbocycles. The van der Waals surface area contributed by atoms with Gasteiger partial charge in [0.25, 0.3) is 0 Å². The first-order valence-electron chi connectivity index (χ1n) is 5.43.